The van der Waals surface area contributed by atoms with Crippen molar-refractivity contribution in [3.8, 4) is 0 Å². The van der Waals surface area contributed by atoms with Crippen molar-refractivity contribution in [1.82, 2.24) is 20.9 Å². The summed E-state index contributed by atoms with van der Waals surface area (Å²) < 4.78 is 28.1. The Kier molecular flexibility index (Phi) is 14.7. The van der Waals surface area contributed by atoms with E-state index >= 15 is 0 Å². The molecule has 0 spiro atoms. The second-order valence-electron chi connectivity index (χ2n) is 12.0. The molecular weight excluding hydrogens is 640 g/mol. The van der Waals surface area contributed by atoms with Crippen LogP contribution < -0.4 is 16.0 Å². The van der Waals surface area contributed by atoms with E-state index in [9.17, 15) is 43.5 Å². The van der Waals surface area contributed by atoms with E-state index in [0.29, 0.717) is 6.42 Å². The molecule has 2 saturated heterocycles. The van der Waals surface area contributed by atoms with E-state index < -0.39 is 115 Å². The highest BCUT2D eigenvalue weighted by Crippen LogP contribution is 2.30. The van der Waals surface area contributed by atoms with Crippen LogP contribution in [-0.2, 0) is 62.0 Å². The van der Waals surface area contributed by atoms with E-state index in [1.165, 1.54) is 13.8 Å². The third-order valence-electron chi connectivity index (χ3n) is 7.58. The van der Waals surface area contributed by atoms with E-state index in [1.807, 2.05) is 0 Å². The van der Waals surface area contributed by atoms with Crippen molar-refractivity contribution in [1.29, 1.82) is 0 Å². The van der Waals surface area contributed by atoms with E-state index in [0.717, 1.165) is 32.6 Å². The average Bonchev–Trinajstić information content (AvgIpc) is 3.46. The van der Waals surface area contributed by atoms with Crippen LogP contribution in [0.2, 0.25) is 0 Å². The van der Waals surface area contributed by atoms with Gasteiger partial charge in [-0.1, -0.05) is 13.8 Å². The maximum Gasteiger partial charge on any atom is 0.326 e. The summed E-state index contributed by atoms with van der Waals surface area (Å²) in [4.78, 5) is 101. The predicted octanol–water partition coefficient (Wildman–Crippen LogP) is -1.23. The SMILES string of the molecule is CC(=O)N[C@H]1[C@@H](O[C@H](C)[C@H](NC(=O)[C@@H](NC(C)=O)C(C)C)C(=O)N2CCC[C@H]2C(=O)O)O[C@H](COC(C)=O)[C@H](OC(C)=O)[C@@H]1OC(C)=O. The number of aliphatic carboxylic acids is 1. The fourth-order valence-corrected chi connectivity index (χ4v) is 5.54. The number of hydrogen-bond acceptors (Lipinski definition) is 13. The Morgan fingerprint density at radius 1 is 0.833 bits per heavy atom. The standard InChI is InChI=1S/C30H46N4O14/c1-13(2)22(31-15(4)35)27(40)33-23(28(41)34-11-9-10-20(34)29(42)43)14(3)45-30-24(32-16(5)36)26(47-19(8)39)25(46-18(7)38)21(48-30)12-44-17(6)37/h13-14,20-26,30H,9-12H2,1-8H3,(H,31,35)(H,32,36)(H,33,40)(H,42,43)/t14-,20+,21-,22+,23+,24-,25+,26-,30+/m1/s1. The number of ether oxygens (including phenoxy) is 5. The molecule has 18 heteroatoms. The zero-order valence-corrected chi connectivity index (χ0v) is 28.3. The lowest BCUT2D eigenvalue weighted by atomic mass is 9.95. The topological polar surface area (TPSA) is 242 Å². The first kappa shape index (κ1) is 39.9. The summed E-state index contributed by atoms with van der Waals surface area (Å²) in [5.41, 5.74) is 0. The second-order valence-corrected chi connectivity index (χ2v) is 12.0. The first-order chi connectivity index (χ1) is 22.3. The summed E-state index contributed by atoms with van der Waals surface area (Å²) in [5, 5.41) is 17.4. The maximum absolute atomic E-state index is 14.0. The van der Waals surface area contributed by atoms with Crippen molar-refractivity contribution in [3.63, 3.8) is 0 Å². The van der Waals surface area contributed by atoms with Crippen molar-refractivity contribution < 1.29 is 67.1 Å². The van der Waals surface area contributed by atoms with Gasteiger partial charge in [-0.3, -0.25) is 33.6 Å². The summed E-state index contributed by atoms with van der Waals surface area (Å²) in [5.74, 6) is -6.74. The number of nitrogens with zero attached hydrogens (tertiary/aromatic N) is 1. The number of amides is 4. The summed E-state index contributed by atoms with van der Waals surface area (Å²) >= 11 is 0. The molecule has 2 fully saturated rings. The molecule has 0 bridgehead atoms. The monoisotopic (exact) mass is 686 g/mol. The number of carboxylic acids is 1. The van der Waals surface area contributed by atoms with Crippen molar-refractivity contribution in [2.45, 2.75) is 123 Å². The van der Waals surface area contributed by atoms with Gasteiger partial charge in [0.05, 0.1) is 6.10 Å². The van der Waals surface area contributed by atoms with Gasteiger partial charge < -0.3 is 49.6 Å². The minimum absolute atomic E-state index is 0.0751. The number of carbonyl (C=O) groups is 8. The van der Waals surface area contributed by atoms with Crippen LogP contribution in [0.1, 0.15) is 68.2 Å². The Balaban J connectivity index is 2.59. The third kappa shape index (κ3) is 11.1. The summed E-state index contributed by atoms with van der Waals surface area (Å²) in [7, 11) is 0. The fraction of sp³-hybridized carbons (Fsp3) is 0.733. The van der Waals surface area contributed by atoms with E-state index in [1.54, 1.807) is 13.8 Å². The van der Waals surface area contributed by atoms with E-state index in [-0.39, 0.29) is 13.0 Å². The molecule has 2 rings (SSSR count). The van der Waals surface area contributed by atoms with Crippen LogP contribution in [0.4, 0.5) is 0 Å². The number of esters is 3. The number of likely N-dealkylation sites (tertiary alicyclic amines) is 1. The smallest absolute Gasteiger partial charge is 0.326 e. The molecule has 0 aliphatic carbocycles. The largest absolute Gasteiger partial charge is 0.480 e. The van der Waals surface area contributed by atoms with Crippen LogP contribution in [0.3, 0.4) is 0 Å². The van der Waals surface area contributed by atoms with Gasteiger partial charge in [0.25, 0.3) is 0 Å². The molecule has 0 unspecified atom stereocenters. The minimum atomic E-state index is -1.59. The Hall–Kier alpha value is -4.32. The zero-order valence-electron chi connectivity index (χ0n) is 28.3. The van der Waals surface area contributed by atoms with Crippen LogP contribution in [-0.4, -0.2) is 126 Å². The quantitative estimate of drug-likeness (QED) is 0.124. The van der Waals surface area contributed by atoms with Crippen LogP contribution >= 0.6 is 0 Å². The lowest BCUT2D eigenvalue weighted by Gasteiger charge is -2.46. The van der Waals surface area contributed by atoms with Crippen molar-refractivity contribution in [3.05, 3.63) is 0 Å². The molecule has 2 aliphatic rings. The molecular formula is C30H46N4O14. The minimum Gasteiger partial charge on any atom is -0.480 e. The van der Waals surface area contributed by atoms with E-state index in [4.69, 9.17) is 23.7 Å². The number of carbonyl (C=O) groups excluding carboxylic acids is 7. The molecule has 18 nitrogen and oxygen atoms in total. The lowest BCUT2D eigenvalue weighted by Crippen LogP contribution is -2.68. The maximum atomic E-state index is 14.0. The summed E-state index contributed by atoms with van der Waals surface area (Å²) in [6, 6.07) is -5.19. The molecule has 2 aliphatic heterocycles. The highest BCUT2D eigenvalue weighted by atomic mass is 16.7. The molecule has 4 amide bonds. The van der Waals surface area contributed by atoms with Gasteiger partial charge in [0.15, 0.2) is 18.5 Å². The van der Waals surface area contributed by atoms with Crippen molar-refractivity contribution in [2.75, 3.05) is 13.2 Å². The highest BCUT2D eigenvalue weighted by Gasteiger charge is 2.52. The Morgan fingerprint density at radius 3 is 1.94 bits per heavy atom. The first-order valence-electron chi connectivity index (χ1n) is 15.5. The van der Waals surface area contributed by atoms with Crippen LogP contribution in [0.5, 0.6) is 0 Å². The van der Waals surface area contributed by atoms with Gasteiger partial charge in [-0.15, -0.1) is 0 Å². The molecule has 0 aromatic rings. The Labute approximate surface area is 277 Å². The van der Waals surface area contributed by atoms with Crippen LogP contribution in [0, 0.1) is 5.92 Å². The van der Waals surface area contributed by atoms with E-state index in [2.05, 4.69) is 16.0 Å². The molecule has 4 N–H and O–H groups in total. The normalized spacial score (nSPS) is 25.6. The third-order valence-corrected chi connectivity index (χ3v) is 7.58. The molecule has 48 heavy (non-hydrogen) atoms. The van der Waals surface area contributed by atoms with Gasteiger partial charge in [0.2, 0.25) is 23.6 Å². The molecule has 9 atom stereocenters. The summed E-state index contributed by atoms with van der Waals surface area (Å²) in [6.07, 6.45) is -6.53. The van der Waals surface area contributed by atoms with Gasteiger partial charge in [-0.05, 0) is 25.7 Å². The predicted molar refractivity (Wildman–Crippen MR) is 161 cm³/mol. The molecule has 0 saturated carbocycles. The van der Waals surface area contributed by atoms with Gasteiger partial charge >= 0.3 is 23.9 Å². The highest BCUT2D eigenvalue weighted by molar-refractivity contribution is 5.94. The lowest BCUT2D eigenvalue weighted by molar-refractivity contribution is -0.287. The van der Waals surface area contributed by atoms with Crippen LogP contribution in [0.25, 0.3) is 0 Å². The summed E-state index contributed by atoms with van der Waals surface area (Å²) in [6.45, 7) is 9.93. The molecule has 270 valence electrons. The number of rotatable bonds is 14. The van der Waals surface area contributed by atoms with Gasteiger partial charge in [-0.2, -0.15) is 0 Å². The van der Waals surface area contributed by atoms with Crippen molar-refractivity contribution >= 4 is 47.5 Å². The first-order valence-corrected chi connectivity index (χ1v) is 15.5. The van der Waals surface area contributed by atoms with Crippen LogP contribution in [0.15, 0.2) is 0 Å². The van der Waals surface area contributed by atoms with Crippen molar-refractivity contribution in [2.24, 2.45) is 5.92 Å². The molecule has 2 heterocycles. The average molecular weight is 687 g/mol. The Bertz CT molecular complexity index is 1240. The van der Waals surface area contributed by atoms with Gasteiger partial charge in [0.1, 0.15) is 36.9 Å². The van der Waals surface area contributed by atoms with Gasteiger partial charge in [-0.25, -0.2) is 4.79 Å². The second kappa shape index (κ2) is 17.7. The molecule has 0 radical (unpaired) electrons. The molecule has 0 aromatic carbocycles. The number of carboxylic acid groups (broad SMARTS) is 1. The number of hydrogen-bond donors (Lipinski definition) is 4. The Morgan fingerprint density at radius 2 is 1.44 bits per heavy atom. The zero-order chi connectivity index (χ0) is 36.5. The number of nitrogens with one attached hydrogen (secondary N) is 3. The molecule has 0 aromatic heterocycles. The van der Waals surface area contributed by atoms with Gasteiger partial charge in [0, 0.05) is 41.2 Å². The fourth-order valence-electron chi connectivity index (χ4n) is 5.54.